The number of carbonyl (C=O) groups excluding carboxylic acids is 1. The topological polar surface area (TPSA) is 59.8 Å². The molecule has 1 aromatic heterocycles. The Hall–Kier alpha value is -2.74. The van der Waals surface area contributed by atoms with Crippen molar-refractivity contribution in [2.24, 2.45) is 0 Å². The highest BCUT2D eigenvalue weighted by atomic mass is 32.2. The van der Waals surface area contributed by atoms with Crippen LogP contribution in [-0.4, -0.2) is 26.4 Å². The van der Waals surface area contributed by atoms with Crippen molar-refractivity contribution in [3.8, 4) is 11.4 Å². The van der Waals surface area contributed by atoms with Crippen LogP contribution >= 0.6 is 11.8 Å². The summed E-state index contributed by atoms with van der Waals surface area (Å²) in [5.74, 6) is 0.255. The molecule has 5 nitrogen and oxygen atoms in total. The molecule has 0 atom stereocenters. The normalized spacial score (nSPS) is 13.6. The zero-order chi connectivity index (χ0) is 20.2. The molecule has 2 aromatic carbocycles. The molecule has 4 rings (SSSR count). The van der Waals surface area contributed by atoms with Crippen LogP contribution < -0.4 is 5.32 Å². The smallest absolute Gasteiger partial charge is 0.234 e. The van der Waals surface area contributed by atoms with Crippen LogP contribution in [0.5, 0.6) is 0 Å². The van der Waals surface area contributed by atoms with Gasteiger partial charge < -0.3 is 9.88 Å². The Morgan fingerprint density at radius 2 is 2.00 bits per heavy atom. The van der Waals surface area contributed by atoms with E-state index in [0.717, 1.165) is 60.8 Å². The van der Waals surface area contributed by atoms with E-state index >= 15 is 0 Å². The molecule has 0 bridgehead atoms. The maximum atomic E-state index is 13.7. The first-order valence-electron chi connectivity index (χ1n) is 9.50. The molecule has 150 valence electrons. The molecule has 8 heteroatoms. The number of nitrogens with one attached hydrogen (secondary N) is 1. The van der Waals surface area contributed by atoms with Crippen molar-refractivity contribution in [2.45, 2.75) is 37.1 Å². The van der Waals surface area contributed by atoms with Crippen LogP contribution in [0.2, 0.25) is 0 Å². The summed E-state index contributed by atoms with van der Waals surface area (Å²) < 4.78 is 28.8. The molecule has 0 saturated heterocycles. The van der Waals surface area contributed by atoms with Crippen molar-refractivity contribution in [2.75, 3.05) is 11.1 Å². The third kappa shape index (κ3) is 4.64. The lowest BCUT2D eigenvalue weighted by molar-refractivity contribution is -0.113. The van der Waals surface area contributed by atoms with Gasteiger partial charge in [0.15, 0.2) is 5.82 Å². The zero-order valence-electron chi connectivity index (χ0n) is 15.7. The summed E-state index contributed by atoms with van der Waals surface area (Å²) in [5.41, 5.74) is 1.53. The average Bonchev–Trinajstić information content (AvgIpc) is 2.96. The van der Waals surface area contributed by atoms with Crippen LogP contribution in [0.3, 0.4) is 0 Å². The predicted molar refractivity (Wildman–Crippen MR) is 109 cm³/mol. The van der Waals surface area contributed by atoms with Gasteiger partial charge in [-0.2, -0.15) is 0 Å². The van der Waals surface area contributed by atoms with Crippen molar-refractivity contribution < 1.29 is 13.6 Å². The molecule has 1 amide bonds. The molecule has 0 radical (unpaired) electrons. The minimum Gasteiger partial charge on any atom is -0.325 e. The predicted octanol–water partition coefficient (Wildman–Crippen LogP) is 4.68. The van der Waals surface area contributed by atoms with Crippen molar-refractivity contribution >= 4 is 23.4 Å². The fraction of sp³-hybridized carbons (Fsp3) is 0.286. The minimum absolute atomic E-state index is 0.0209. The molecule has 3 aromatic rings. The second kappa shape index (κ2) is 8.73. The first kappa shape index (κ1) is 19.6. The largest absolute Gasteiger partial charge is 0.325 e. The van der Waals surface area contributed by atoms with Gasteiger partial charge in [0.2, 0.25) is 5.91 Å². The summed E-state index contributed by atoms with van der Waals surface area (Å²) in [6.45, 7) is 0.897. The molecule has 0 saturated carbocycles. The van der Waals surface area contributed by atoms with Gasteiger partial charge in [-0.05, 0) is 37.1 Å². The lowest BCUT2D eigenvalue weighted by Crippen LogP contribution is -2.14. The van der Waals surface area contributed by atoms with E-state index in [1.165, 1.54) is 18.6 Å². The Kier molecular flexibility index (Phi) is 5.89. The van der Waals surface area contributed by atoms with Crippen LogP contribution in [0.25, 0.3) is 11.4 Å². The SMILES string of the molecule is O=C(CSc1ccc(F)cc1F)Nc1cccc(-c2nnc3n2CCCCC3)c1. The standard InChI is InChI=1S/C21H20F2N4OS/c22-15-8-9-18(17(23)12-15)29-13-20(28)24-16-6-4-5-14(11-16)21-26-25-19-7-2-1-3-10-27(19)21/h4-6,8-9,11-12H,1-3,7,10,13H2,(H,24,28). The number of halogens is 2. The number of aryl methyl sites for hydroxylation is 1. The summed E-state index contributed by atoms with van der Waals surface area (Å²) in [4.78, 5) is 12.5. The van der Waals surface area contributed by atoms with E-state index in [2.05, 4.69) is 20.1 Å². The number of nitrogens with zero attached hydrogens (tertiary/aromatic N) is 3. The highest BCUT2D eigenvalue weighted by Crippen LogP contribution is 2.26. The summed E-state index contributed by atoms with van der Waals surface area (Å²) >= 11 is 1.03. The number of amides is 1. The molecule has 29 heavy (non-hydrogen) atoms. The lowest BCUT2D eigenvalue weighted by Gasteiger charge is -2.10. The van der Waals surface area contributed by atoms with E-state index in [0.29, 0.717) is 5.69 Å². The van der Waals surface area contributed by atoms with Crippen LogP contribution in [0.4, 0.5) is 14.5 Å². The number of rotatable bonds is 5. The van der Waals surface area contributed by atoms with Crippen LogP contribution in [-0.2, 0) is 17.8 Å². The number of hydrogen-bond acceptors (Lipinski definition) is 4. The van der Waals surface area contributed by atoms with Crippen LogP contribution in [0.15, 0.2) is 47.4 Å². The molecule has 0 unspecified atom stereocenters. The molecule has 1 aliphatic rings. The Labute approximate surface area is 171 Å². The van der Waals surface area contributed by atoms with Crippen molar-refractivity contribution in [1.29, 1.82) is 0 Å². The number of fused-ring (bicyclic) bond motifs is 1. The molecular formula is C21H20F2N4OS. The average molecular weight is 414 g/mol. The van der Waals surface area contributed by atoms with E-state index in [-0.39, 0.29) is 16.6 Å². The Balaban J connectivity index is 1.44. The molecule has 0 spiro atoms. The van der Waals surface area contributed by atoms with Crippen LogP contribution in [0, 0.1) is 11.6 Å². The van der Waals surface area contributed by atoms with Gasteiger partial charge in [-0.15, -0.1) is 22.0 Å². The van der Waals surface area contributed by atoms with Gasteiger partial charge >= 0.3 is 0 Å². The van der Waals surface area contributed by atoms with E-state index in [1.54, 1.807) is 6.07 Å². The second-order valence-corrected chi connectivity index (χ2v) is 7.91. The van der Waals surface area contributed by atoms with Gasteiger partial charge in [0.05, 0.1) is 5.75 Å². The number of carbonyl (C=O) groups is 1. The lowest BCUT2D eigenvalue weighted by atomic mass is 10.2. The first-order chi connectivity index (χ1) is 14.1. The third-order valence-corrected chi connectivity index (χ3v) is 5.82. The van der Waals surface area contributed by atoms with Gasteiger partial charge in [0, 0.05) is 35.2 Å². The van der Waals surface area contributed by atoms with Crippen molar-refractivity contribution in [3.05, 3.63) is 59.9 Å². The molecule has 2 heterocycles. The summed E-state index contributed by atoms with van der Waals surface area (Å²) in [5, 5.41) is 11.5. The molecule has 0 fully saturated rings. The number of benzene rings is 2. The van der Waals surface area contributed by atoms with Gasteiger partial charge in [0.1, 0.15) is 17.5 Å². The number of aromatic nitrogens is 3. The molecule has 0 aliphatic carbocycles. The third-order valence-electron chi connectivity index (χ3n) is 4.77. The highest BCUT2D eigenvalue weighted by Gasteiger charge is 2.16. The van der Waals surface area contributed by atoms with Gasteiger partial charge in [0.25, 0.3) is 0 Å². The second-order valence-electron chi connectivity index (χ2n) is 6.89. The van der Waals surface area contributed by atoms with Gasteiger partial charge in [-0.25, -0.2) is 8.78 Å². The van der Waals surface area contributed by atoms with Crippen molar-refractivity contribution in [1.82, 2.24) is 14.8 Å². The first-order valence-corrected chi connectivity index (χ1v) is 10.5. The maximum absolute atomic E-state index is 13.7. The molecular weight excluding hydrogens is 394 g/mol. The fourth-order valence-corrected chi connectivity index (χ4v) is 4.09. The van der Waals surface area contributed by atoms with E-state index in [4.69, 9.17) is 0 Å². The number of hydrogen-bond donors (Lipinski definition) is 1. The maximum Gasteiger partial charge on any atom is 0.234 e. The van der Waals surface area contributed by atoms with Crippen LogP contribution in [0.1, 0.15) is 25.1 Å². The highest BCUT2D eigenvalue weighted by molar-refractivity contribution is 8.00. The minimum atomic E-state index is -0.669. The molecule has 1 N–H and O–H groups in total. The monoisotopic (exact) mass is 414 g/mol. The fourth-order valence-electron chi connectivity index (χ4n) is 3.37. The van der Waals surface area contributed by atoms with Crippen molar-refractivity contribution in [3.63, 3.8) is 0 Å². The quantitative estimate of drug-likeness (QED) is 0.616. The van der Waals surface area contributed by atoms with E-state index in [1.807, 2.05) is 18.2 Å². The van der Waals surface area contributed by atoms with Gasteiger partial charge in [-0.1, -0.05) is 18.6 Å². The summed E-state index contributed by atoms with van der Waals surface area (Å²) in [6.07, 6.45) is 4.35. The molecule has 1 aliphatic heterocycles. The van der Waals surface area contributed by atoms with E-state index in [9.17, 15) is 13.6 Å². The Bertz CT molecular complexity index is 1040. The summed E-state index contributed by atoms with van der Waals surface area (Å²) in [6, 6.07) is 10.8. The van der Waals surface area contributed by atoms with Gasteiger partial charge in [-0.3, -0.25) is 4.79 Å². The Morgan fingerprint density at radius 3 is 2.86 bits per heavy atom. The number of thioether (sulfide) groups is 1. The number of anilines is 1. The van der Waals surface area contributed by atoms with E-state index < -0.39 is 11.6 Å². The summed E-state index contributed by atoms with van der Waals surface area (Å²) in [7, 11) is 0. The zero-order valence-corrected chi connectivity index (χ0v) is 16.5. The Morgan fingerprint density at radius 1 is 1.10 bits per heavy atom.